The van der Waals surface area contributed by atoms with E-state index in [1.54, 1.807) is 12.3 Å². The van der Waals surface area contributed by atoms with Crippen molar-refractivity contribution >= 4 is 5.69 Å². The summed E-state index contributed by atoms with van der Waals surface area (Å²) < 4.78 is 13.1. The minimum absolute atomic E-state index is 0.270. The van der Waals surface area contributed by atoms with Crippen LogP contribution in [-0.4, -0.2) is 18.1 Å². The Morgan fingerprint density at radius 1 is 1.50 bits per heavy atom. The van der Waals surface area contributed by atoms with Crippen LogP contribution in [0, 0.1) is 5.82 Å². The summed E-state index contributed by atoms with van der Waals surface area (Å²) in [4.78, 5) is 5.56. The van der Waals surface area contributed by atoms with E-state index in [2.05, 4.69) is 4.98 Å². The minimum atomic E-state index is -0.270. The smallest absolute Gasteiger partial charge is 0.164 e. The Bertz CT molecular complexity index is 260. The summed E-state index contributed by atoms with van der Waals surface area (Å²) in [5.74, 6) is -0.270. The molecule has 66 valence electrons. The van der Waals surface area contributed by atoms with Gasteiger partial charge in [-0.2, -0.15) is 0 Å². The molecule has 2 nitrogen and oxygen atoms in total. The fourth-order valence-corrected chi connectivity index (χ4v) is 0.932. The van der Waals surface area contributed by atoms with Gasteiger partial charge < -0.3 is 4.90 Å². The standard InChI is InChI=1S/C9H13FN2/c1-7(2)12(3)9-4-5-11-6-8(9)10/h4-7H,1-3H3. The normalized spacial score (nSPS) is 10.4. The highest BCUT2D eigenvalue weighted by Gasteiger charge is 2.08. The molecule has 0 aliphatic rings. The molecule has 12 heavy (non-hydrogen) atoms. The fourth-order valence-electron chi connectivity index (χ4n) is 0.932. The van der Waals surface area contributed by atoms with Crippen LogP contribution < -0.4 is 4.90 Å². The number of aromatic nitrogens is 1. The van der Waals surface area contributed by atoms with Crippen LogP contribution in [0.5, 0.6) is 0 Å². The van der Waals surface area contributed by atoms with Crippen LogP contribution in [0.25, 0.3) is 0 Å². The van der Waals surface area contributed by atoms with Gasteiger partial charge in [0.15, 0.2) is 5.82 Å². The minimum Gasteiger partial charge on any atom is -0.370 e. The van der Waals surface area contributed by atoms with Crippen molar-refractivity contribution in [1.29, 1.82) is 0 Å². The highest BCUT2D eigenvalue weighted by atomic mass is 19.1. The van der Waals surface area contributed by atoms with Gasteiger partial charge in [0.25, 0.3) is 0 Å². The number of anilines is 1. The van der Waals surface area contributed by atoms with Crippen LogP contribution in [0.4, 0.5) is 10.1 Å². The van der Waals surface area contributed by atoms with Crippen molar-refractivity contribution in [3.63, 3.8) is 0 Å². The monoisotopic (exact) mass is 168 g/mol. The van der Waals surface area contributed by atoms with Crippen molar-refractivity contribution in [1.82, 2.24) is 4.98 Å². The summed E-state index contributed by atoms with van der Waals surface area (Å²) >= 11 is 0. The molecule has 0 amide bonds. The van der Waals surface area contributed by atoms with E-state index in [9.17, 15) is 4.39 Å². The Morgan fingerprint density at radius 3 is 2.67 bits per heavy atom. The SMILES string of the molecule is CC(C)N(C)c1ccncc1F. The maximum atomic E-state index is 13.1. The first kappa shape index (κ1) is 8.97. The first-order chi connectivity index (χ1) is 5.63. The largest absolute Gasteiger partial charge is 0.370 e. The lowest BCUT2D eigenvalue weighted by Gasteiger charge is -2.23. The number of pyridine rings is 1. The van der Waals surface area contributed by atoms with Gasteiger partial charge in [-0.1, -0.05) is 0 Å². The quantitative estimate of drug-likeness (QED) is 0.672. The van der Waals surface area contributed by atoms with Crippen molar-refractivity contribution in [2.75, 3.05) is 11.9 Å². The molecule has 0 spiro atoms. The molecule has 0 saturated carbocycles. The number of halogens is 1. The van der Waals surface area contributed by atoms with Gasteiger partial charge in [-0.25, -0.2) is 4.39 Å². The predicted molar refractivity (Wildman–Crippen MR) is 47.7 cm³/mol. The van der Waals surface area contributed by atoms with Crippen LogP contribution >= 0.6 is 0 Å². The molecule has 0 aliphatic heterocycles. The van der Waals surface area contributed by atoms with Gasteiger partial charge in [-0.3, -0.25) is 4.98 Å². The molecule has 1 aromatic heterocycles. The second kappa shape index (κ2) is 3.52. The molecule has 0 fully saturated rings. The second-order valence-corrected chi connectivity index (χ2v) is 3.03. The highest BCUT2D eigenvalue weighted by molar-refractivity contribution is 5.45. The molecule has 1 aromatic rings. The third kappa shape index (κ3) is 1.72. The average molecular weight is 168 g/mol. The predicted octanol–water partition coefficient (Wildman–Crippen LogP) is 2.07. The Balaban J connectivity index is 2.94. The van der Waals surface area contributed by atoms with Crippen LogP contribution in [-0.2, 0) is 0 Å². The van der Waals surface area contributed by atoms with Crippen molar-refractivity contribution < 1.29 is 4.39 Å². The summed E-state index contributed by atoms with van der Waals surface area (Å²) in [6, 6.07) is 1.97. The second-order valence-electron chi connectivity index (χ2n) is 3.03. The lowest BCUT2D eigenvalue weighted by Crippen LogP contribution is -2.26. The van der Waals surface area contributed by atoms with E-state index in [1.807, 2.05) is 25.8 Å². The van der Waals surface area contributed by atoms with Gasteiger partial charge in [0.05, 0.1) is 11.9 Å². The molecule has 1 rings (SSSR count). The summed E-state index contributed by atoms with van der Waals surface area (Å²) in [6.07, 6.45) is 2.82. The van der Waals surface area contributed by atoms with Crippen molar-refractivity contribution in [3.05, 3.63) is 24.3 Å². The first-order valence-corrected chi connectivity index (χ1v) is 3.95. The zero-order valence-electron chi connectivity index (χ0n) is 7.58. The van der Waals surface area contributed by atoms with Crippen molar-refractivity contribution in [2.24, 2.45) is 0 Å². The van der Waals surface area contributed by atoms with Gasteiger partial charge in [0.2, 0.25) is 0 Å². The number of hydrogen-bond acceptors (Lipinski definition) is 2. The summed E-state index contributed by atoms with van der Waals surface area (Å²) in [5.41, 5.74) is 0.597. The molecule has 0 bridgehead atoms. The van der Waals surface area contributed by atoms with E-state index in [0.29, 0.717) is 11.7 Å². The van der Waals surface area contributed by atoms with Crippen LogP contribution in [0.15, 0.2) is 18.5 Å². The highest BCUT2D eigenvalue weighted by Crippen LogP contribution is 2.17. The molecule has 0 unspecified atom stereocenters. The lowest BCUT2D eigenvalue weighted by atomic mass is 10.3. The van der Waals surface area contributed by atoms with Crippen molar-refractivity contribution in [2.45, 2.75) is 19.9 Å². The number of hydrogen-bond donors (Lipinski definition) is 0. The van der Waals surface area contributed by atoms with E-state index >= 15 is 0 Å². The Kier molecular flexibility index (Phi) is 2.63. The maximum Gasteiger partial charge on any atom is 0.164 e. The van der Waals surface area contributed by atoms with E-state index < -0.39 is 0 Å². The van der Waals surface area contributed by atoms with E-state index in [-0.39, 0.29) is 5.82 Å². The third-order valence-corrected chi connectivity index (χ3v) is 1.91. The van der Waals surface area contributed by atoms with Crippen LogP contribution in [0.1, 0.15) is 13.8 Å². The zero-order chi connectivity index (χ0) is 9.14. The van der Waals surface area contributed by atoms with Gasteiger partial charge in [0.1, 0.15) is 0 Å². The topological polar surface area (TPSA) is 16.1 Å². The Labute approximate surface area is 72.0 Å². The molecular formula is C9H13FN2. The van der Waals surface area contributed by atoms with Crippen LogP contribution in [0.3, 0.4) is 0 Å². The molecule has 0 atom stereocenters. The molecular weight excluding hydrogens is 155 g/mol. The molecule has 0 saturated heterocycles. The zero-order valence-corrected chi connectivity index (χ0v) is 7.58. The number of rotatable bonds is 2. The molecule has 0 N–H and O–H groups in total. The Morgan fingerprint density at radius 2 is 2.17 bits per heavy atom. The van der Waals surface area contributed by atoms with E-state index in [0.717, 1.165) is 0 Å². The van der Waals surface area contributed by atoms with Gasteiger partial charge in [-0.15, -0.1) is 0 Å². The molecule has 3 heteroatoms. The number of nitrogens with zero attached hydrogens (tertiary/aromatic N) is 2. The van der Waals surface area contributed by atoms with Gasteiger partial charge >= 0.3 is 0 Å². The van der Waals surface area contributed by atoms with Gasteiger partial charge in [-0.05, 0) is 19.9 Å². The maximum absolute atomic E-state index is 13.1. The molecule has 0 aromatic carbocycles. The third-order valence-electron chi connectivity index (χ3n) is 1.91. The van der Waals surface area contributed by atoms with E-state index in [4.69, 9.17) is 0 Å². The Hall–Kier alpha value is -1.12. The summed E-state index contributed by atoms with van der Waals surface area (Å²) in [6.45, 7) is 4.03. The first-order valence-electron chi connectivity index (χ1n) is 3.95. The fraction of sp³-hybridized carbons (Fsp3) is 0.444. The molecule has 0 aliphatic carbocycles. The van der Waals surface area contributed by atoms with Crippen molar-refractivity contribution in [3.8, 4) is 0 Å². The average Bonchev–Trinajstić information content (AvgIpc) is 2.04. The molecule has 0 radical (unpaired) electrons. The molecule has 1 heterocycles. The van der Waals surface area contributed by atoms with E-state index in [1.165, 1.54) is 6.20 Å². The lowest BCUT2D eigenvalue weighted by molar-refractivity contribution is 0.608. The van der Waals surface area contributed by atoms with Crippen LogP contribution in [0.2, 0.25) is 0 Å². The summed E-state index contributed by atoms with van der Waals surface area (Å²) in [5, 5.41) is 0. The van der Waals surface area contributed by atoms with Gasteiger partial charge in [0, 0.05) is 19.3 Å². The summed E-state index contributed by atoms with van der Waals surface area (Å²) in [7, 11) is 1.86.